The number of rotatable bonds is 2. The molecule has 92 valence electrons. The molecule has 17 heavy (non-hydrogen) atoms. The number of aromatic amines is 1. The van der Waals surface area contributed by atoms with Gasteiger partial charge in [0.15, 0.2) is 0 Å². The summed E-state index contributed by atoms with van der Waals surface area (Å²) in [4.78, 5) is 7.81. The van der Waals surface area contributed by atoms with Crippen LogP contribution in [0, 0.1) is 0 Å². The first kappa shape index (κ1) is 12.2. The Labute approximate surface area is 107 Å². The molecular weight excluding hydrogens is 236 g/mol. The van der Waals surface area contributed by atoms with Gasteiger partial charge in [-0.05, 0) is 31.5 Å². The number of benzene rings is 1. The van der Waals surface area contributed by atoms with E-state index in [1.54, 1.807) is 0 Å². The first-order chi connectivity index (χ1) is 7.92. The topological polar surface area (TPSA) is 52.7 Å². The number of fused-ring (bicyclic) bond motifs is 1. The Kier molecular flexibility index (Phi) is 3.86. The lowest BCUT2D eigenvalue weighted by Gasteiger charge is -2.23. The number of piperidine rings is 1. The maximum absolute atomic E-state index is 4.51. The molecule has 3 N–H and O–H groups in total. The molecule has 0 amide bonds. The number of halogens is 1. The van der Waals surface area contributed by atoms with Crippen molar-refractivity contribution in [2.45, 2.75) is 18.9 Å². The summed E-state index contributed by atoms with van der Waals surface area (Å²) in [5.41, 5.74) is 2.11. The van der Waals surface area contributed by atoms with E-state index in [2.05, 4.69) is 20.6 Å². The van der Waals surface area contributed by atoms with Gasteiger partial charge < -0.3 is 15.6 Å². The third-order valence-electron chi connectivity index (χ3n) is 3.03. The Balaban J connectivity index is 0.00000108. The number of hydrogen-bond donors (Lipinski definition) is 3. The van der Waals surface area contributed by atoms with Gasteiger partial charge in [-0.15, -0.1) is 12.4 Å². The standard InChI is InChI=1S/C12H16N4.ClH/c1-2-6-11-10(5-1)15-12(16-11)14-9-4-3-7-13-8-9;/h1-2,5-6,9,13H,3-4,7-8H2,(H2,14,15,16);1H/t9-;/m0./s1. The highest BCUT2D eigenvalue weighted by atomic mass is 35.5. The molecule has 0 radical (unpaired) electrons. The fourth-order valence-electron chi connectivity index (χ4n) is 2.19. The van der Waals surface area contributed by atoms with E-state index in [0.717, 1.165) is 30.1 Å². The Bertz CT molecular complexity index is 443. The highest BCUT2D eigenvalue weighted by Gasteiger charge is 2.13. The van der Waals surface area contributed by atoms with E-state index in [1.165, 1.54) is 12.8 Å². The average Bonchev–Trinajstić information content (AvgIpc) is 2.72. The minimum atomic E-state index is 0. The first-order valence-electron chi connectivity index (χ1n) is 5.84. The predicted octanol–water partition coefficient (Wildman–Crippen LogP) is 2.15. The third-order valence-corrected chi connectivity index (χ3v) is 3.03. The number of aromatic nitrogens is 2. The smallest absolute Gasteiger partial charge is 0.201 e. The molecule has 1 fully saturated rings. The van der Waals surface area contributed by atoms with Crippen molar-refractivity contribution in [1.82, 2.24) is 15.3 Å². The minimum absolute atomic E-state index is 0. The summed E-state index contributed by atoms with van der Waals surface area (Å²) in [6.07, 6.45) is 2.45. The van der Waals surface area contributed by atoms with Crippen LogP contribution in [-0.4, -0.2) is 29.1 Å². The number of H-pyrrole nitrogens is 1. The summed E-state index contributed by atoms with van der Waals surface area (Å²) >= 11 is 0. The van der Waals surface area contributed by atoms with Crippen LogP contribution >= 0.6 is 12.4 Å². The Hall–Kier alpha value is -1.26. The maximum atomic E-state index is 4.51. The van der Waals surface area contributed by atoms with E-state index in [9.17, 15) is 0 Å². The molecule has 0 saturated carbocycles. The van der Waals surface area contributed by atoms with Crippen LogP contribution in [0.15, 0.2) is 24.3 Å². The van der Waals surface area contributed by atoms with Crippen molar-refractivity contribution >= 4 is 29.4 Å². The van der Waals surface area contributed by atoms with Crippen molar-refractivity contribution in [3.63, 3.8) is 0 Å². The zero-order valence-electron chi connectivity index (χ0n) is 9.57. The zero-order valence-corrected chi connectivity index (χ0v) is 10.4. The largest absolute Gasteiger partial charge is 0.352 e. The molecule has 0 unspecified atom stereocenters. The molecule has 2 heterocycles. The quantitative estimate of drug-likeness (QED) is 0.768. The molecule has 5 heteroatoms. The van der Waals surface area contributed by atoms with E-state index in [-0.39, 0.29) is 12.4 Å². The van der Waals surface area contributed by atoms with Gasteiger partial charge in [0, 0.05) is 12.6 Å². The Morgan fingerprint density at radius 2 is 2.18 bits per heavy atom. The lowest BCUT2D eigenvalue weighted by Crippen LogP contribution is -2.38. The number of imidazole rings is 1. The van der Waals surface area contributed by atoms with Gasteiger partial charge >= 0.3 is 0 Å². The molecule has 1 aromatic heterocycles. The summed E-state index contributed by atoms with van der Waals surface area (Å²) < 4.78 is 0. The second-order valence-electron chi connectivity index (χ2n) is 4.29. The lowest BCUT2D eigenvalue weighted by molar-refractivity contribution is 0.478. The molecule has 0 bridgehead atoms. The number of nitrogens with zero attached hydrogens (tertiary/aromatic N) is 1. The van der Waals surface area contributed by atoms with Gasteiger partial charge in [0.25, 0.3) is 0 Å². The fraction of sp³-hybridized carbons (Fsp3) is 0.417. The Morgan fingerprint density at radius 3 is 2.94 bits per heavy atom. The summed E-state index contributed by atoms with van der Waals surface area (Å²) in [5.74, 6) is 0.884. The minimum Gasteiger partial charge on any atom is -0.352 e. The second kappa shape index (κ2) is 5.38. The molecule has 1 aliphatic heterocycles. The van der Waals surface area contributed by atoms with E-state index in [1.807, 2.05) is 24.3 Å². The van der Waals surface area contributed by atoms with Crippen LogP contribution < -0.4 is 10.6 Å². The van der Waals surface area contributed by atoms with E-state index in [0.29, 0.717) is 6.04 Å². The van der Waals surface area contributed by atoms with Crippen LogP contribution in [0.3, 0.4) is 0 Å². The van der Waals surface area contributed by atoms with Crippen LogP contribution in [0.25, 0.3) is 11.0 Å². The molecule has 0 spiro atoms. The van der Waals surface area contributed by atoms with Gasteiger partial charge in [0.2, 0.25) is 5.95 Å². The van der Waals surface area contributed by atoms with E-state index >= 15 is 0 Å². The molecule has 0 aliphatic carbocycles. The van der Waals surface area contributed by atoms with Crippen LogP contribution in [0.2, 0.25) is 0 Å². The van der Waals surface area contributed by atoms with Crippen molar-refractivity contribution in [1.29, 1.82) is 0 Å². The molecule has 1 atom stereocenters. The molecule has 4 nitrogen and oxygen atoms in total. The lowest BCUT2D eigenvalue weighted by atomic mass is 10.1. The van der Waals surface area contributed by atoms with E-state index in [4.69, 9.17) is 0 Å². The highest BCUT2D eigenvalue weighted by molar-refractivity contribution is 5.85. The summed E-state index contributed by atoms with van der Waals surface area (Å²) in [5, 5.41) is 6.83. The third kappa shape index (κ3) is 2.70. The van der Waals surface area contributed by atoms with Crippen molar-refractivity contribution < 1.29 is 0 Å². The van der Waals surface area contributed by atoms with Crippen molar-refractivity contribution in [2.75, 3.05) is 18.4 Å². The van der Waals surface area contributed by atoms with Crippen molar-refractivity contribution in [3.8, 4) is 0 Å². The zero-order chi connectivity index (χ0) is 10.8. The molecular formula is C12H17ClN4. The fourth-order valence-corrected chi connectivity index (χ4v) is 2.19. The molecule has 2 aromatic rings. The molecule has 1 aromatic carbocycles. The van der Waals surface area contributed by atoms with Gasteiger partial charge in [-0.25, -0.2) is 4.98 Å². The van der Waals surface area contributed by atoms with Crippen LogP contribution in [0.5, 0.6) is 0 Å². The number of para-hydroxylation sites is 2. The monoisotopic (exact) mass is 252 g/mol. The number of nitrogens with one attached hydrogen (secondary N) is 3. The van der Waals surface area contributed by atoms with Crippen molar-refractivity contribution in [2.24, 2.45) is 0 Å². The van der Waals surface area contributed by atoms with Gasteiger partial charge in [0.05, 0.1) is 11.0 Å². The van der Waals surface area contributed by atoms with Gasteiger partial charge in [0.1, 0.15) is 0 Å². The SMILES string of the molecule is Cl.c1ccc2[nH]c(N[C@H]3CCCNC3)nc2c1. The average molecular weight is 253 g/mol. The first-order valence-corrected chi connectivity index (χ1v) is 5.84. The van der Waals surface area contributed by atoms with Crippen molar-refractivity contribution in [3.05, 3.63) is 24.3 Å². The number of anilines is 1. The summed E-state index contributed by atoms with van der Waals surface area (Å²) in [6, 6.07) is 8.60. The molecule has 1 aliphatic rings. The van der Waals surface area contributed by atoms with Crippen LogP contribution in [0.4, 0.5) is 5.95 Å². The number of hydrogen-bond acceptors (Lipinski definition) is 3. The summed E-state index contributed by atoms with van der Waals surface area (Å²) in [6.45, 7) is 2.16. The highest BCUT2D eigenvalue weighted by Crippen LogP contribution is 2.15. The van der Waals surface area contributed by atoms with E-state index < -0.39 is 0 Å². The molecule has 3 rings (SSSR count). The maximum Gasteiger partial charge on any atom is 0.201 e. The predicted molar refractivity (Wildman–Crippen MR) is 72.9 cm³/mol. The second-order valence-corrected chi connectivity index (χ2v) is 4.29. The van der Waals surface area contributed by atoms with Crippen LogP contribution in [-0.2, 0) is 0 Å². The normalized spacial score (nSPS) is 19.9. The summed E-state index contributed by atoms with van der Waals surface area (Å²) in [7, 11) is 0. The van der Waals surface area contributed by atoms with Crippen LogP contribution in [0.1, 0.15) is 12.8 Å². The van der Waals surface area contributed by atoms with Gasteiger partial charge in [-0.3, -0.25) is 0 Å². The molecule has 1 saturated heterocycles. The van der Waals surface area contributed by atoms with Gasteiger partial charge in [-0.1, -0.05) is 12.1 Å². The Morgan fingerprint density at radius 1 is 1.29 bits per heavy atom. The van der Waals surface area contributed by atoms with Gasteiger partial charge in [-0.2, -0.15) is 0 Å².